The van der Waals surface area contributed by atoms with Crippen LogP contribution in [0.25, 0.3) is 0 Å². The minimum absolute atomic E-state index is 0.0504. The van der Waals surface area contributed by atoms with Gasteiger partial charge in [-0.3, -0.25) is 4.79 Å². The number of piperazine rings is 1. The number of piperidine rings is 1. The number of halogens is 4. The van der Waals surface area contributed by atoms with E-state index in [0.717, 1.165) is 43.9 Å². The fraction of sp³-hybridized carbons (Fsp3) is 0.522. The lowest BCUT2D eigenvalue weighted by Crippen LogP contribution is -2.49. The number of hydrogen-bond acceptors (Lipinski definition) is 6. The molecule has 34 heavy (non-hydrogen) atoms. The quantitative estimate of drug-likeness (QED) is 0.324. The molecule has 11 heteroatoms. The largest absolute Gasteiger partial charge is 0.416 e. The van der Waals surface area contributed by atoms with Crippen molar-refractivity contribution in [1.82, 2.24) is 14.9 Å². The van der Waals surface area contributed by atoms with Crippen LogP contribution in [-0.4, -0.2) is 65.8 Å². The number of carbonyl (C=O) groups excluding carboxylic acids is 1. The lowest BCUT2D eigenvalue weighted by atomic mass is 9.99. The Balaban J connectivity index is 1.30. The number of alkyl halides is 3. The predicted molar refractivity (Wildman–Crippen MR) is 129 cm³/mol. The van der Waals surface area contributed by atoms with E-state index in [4.69, 9.17) is 11.6 Å². The van der Waals surface area contributed by atoms with Gasteiger partial charge < -0.3 is 14.7 Å². The van der Waals surface area contributed by atoms with Gasteiger partial charge in [-0.25, -0.2) is 9.97 Å². The van der Waals surface area contributed by atoms with E-state index in [1.807, 2.05) is 4.90 Å². The van der Waals surface area contributed by atoms with Crippen LogP contribution in [0.4, 0.5) is 24.7 Å². The summed E-state index contributed by atoms with van der Waals surface area (Å²) in [4.78, 5) is 27.4. The molecule has 4 rings (SSSR count). The highest BCUT2D eigenvalue weighted by Crippen LogP contribution is 2.32. The fourth-order valence-electron chi connectivity index (χ4n) is 4.16. The van der Waals surface area contributed by atoms with E-state index < -0.39 is 11.7 Å². The van der Waals surface area contributed by atoms with Gasteiger partial charge >= 0.3 is 6.18 Å². The number of anilines is 2. The lowest BCUT2D eigenvalue weighted by Gasteiger charge is -2.36. The monoisotopic (exact) mass is 513 g/mol. The molecule has 0 spiro atoms. The summed E-state index contributed by atoms with van der Waals surface area (Å²) in [6, 6.07) is 7.06. The number of rotatable bonds is 5. The van der Waals surface area contributed by atoms with Crippen LogP contribution in [0.15, 0.2) is 35.5 Å². The van der Waals surface area contributed by atoms with Crippen LogP contribution in [0, 0.1) is 5.92 Å². The first-order valence-electron chi connectivity index (χ1n) is 11.3. The van der Waals surface area contributed by atoms with Crippen molar-refractivity contribution < 1.29 is 18.0 Å². The first-order chi connectivity index (χ1) is 16.2. The summed E-state index contributed by atoms with van der Waals surface area (Å²) in [7, 11) is 0. The van der Waals surface area contributed by atoms with Crippen LogP contribution in [0.1, 0.15) is 25.3 Å². The molecular weight excluding hydrogens is 487 g/mol. The molecule has 0 bridgehead atoms. The van der Waals surface area contributed by atoms with Gasteiger partial charge in [0.15, 0.2) is 5.16 Å². The Morgan fingerprint density at radius 3 is 2.44 bits per heavy atom. The normalized spacial score (nSPS) is 17.9. The maximum atomic E-state index is 13.0. The van der Waals surface area contributed by atoms with E-state index in [-0.39, 0.29) is 11.7 Å². The van der Waals surface area contributed by atoms with Gasteiger partial charge in [-0.15, -0.1) is 0 Å². The Kier molecular flexibility index (Phi) is 7.77. The van der Waals surface area contributed by atoms with E-state index in [1.54, 1.807) is 17.0 Å². The summed E-state index contributed by atoms with van der Waals surface area (Å²) in [5.74, 6) is 1.62. The van der Waals surface area contributed by atoms with E-state index >= 15 is 0 Å². The van der Waals surface area contributed by atoms with Gasteiger partial charge in [-0.05, 0) is 37.0 Å². The van der Waals surface area contributed by atoms with Crippen LogP contribution in [0.5, 0.6) is 0 Å². The molecular formula is C23H27ClF3N5OS. The number of amides is 1. The van der Waals surface area contributed by atoms with E-state index in [1.165, 1.54) is 17.8 Å². The van der Waals surface area contributed by atoms with Crippen LogP contribution in [0.2, 0.25) is 5.15 Å². The third kappa shape index (κ3) is 6.27. The molecule has 2 aliphatic heterocycles. The molecule has 2 aliphatic rings. The number of hydrogen-bond donors (Lipinski definition) is 0. The van der Waals surface area contributed by atoms with Crippen LogP contribution >= 0.6 is 23.4 Å². The molecule has 0 saturated carbocycles. The average Bonchev–Trinajstić information content (AvgIpc) is 2.82. The molecule has 6 nitrogen and oxygen atoms in total. The van der Waals surface area contributed by atoms with Gasteiger partial charge in [0.2, 0.25) is 5.91 Å². The second kappa shape index (κ2) is 10.6. The van der Waals surface area contributed by atoms with Crippen molar-refractivity contribution in [3.05, 3.63) is 41.0 Å². The number of nitrogens with zero attached hydrogens (tertiary/aromatic N) is 5. The SMILES string of the molecule is CC1CCN(c2cc(Cl)nc(SCC(=O)N3CCN(c4cccc(C(F)(F)F)c4)CC3)n2)CC1. The highest BCUT2D eigenvalue weighted by atomic mass is 35.5. The Hall–Kier alpha value is -2.20. The summed E-state index contributed by atoms with van der Waals surface area (Å²) in [5.41, 5.74) is -0.150. The smallest absolute Gasteiger partial charge is 0.368 e. The van der Waals surface area contributed by atoms with E-state index in [2.05, 4.69) is 21.8 Å². The van der Waals surface area contributed by atoms with Crippen molar-refractivity contribution in [2.45, 2.75) is 31.1 Å². The topological polar surface area (TPSA) is 52.6 Å². The molecule has 0 radical (unpaired) electrons. The summed E-state index contributed by atoms with van der Waals surface area (Å²) < 4.78 is 39.0. The van der Waals surface area contributed by atoms with Gasteiger partial charge in [-0.1, -0.05) is 36.4 Å². The number of benzene rings is 1. The Morgan fingerprint density at radius 2 is 1.76 bits per heavy atom. The standard InChI is InChI=1S/C23H27ClF3N5OS/c1-16-5-7-31(8-6-16)20-14-19(24)28-22(29-20)34-15-21(33)32-11-9-30(10-12-32)18-4-2-3-17(13-18)23(25,26)27/h2-4,13-14,16H,5-12,15H2,1H3. The zero-order valence-corrected chi connectivity index (χ0v) is 20.5. The molecule has 1 aromatic carbocycles. The highest BCUT2D eigenvalue weighted by molar-refractivity contribution is 7.99. The van der Waals surface area contributed by atoms with Gasteiger partial charge in [-0.2, -0.15) is 13.2 Å². The molecule has 2 saturated heterocycles. The van der Waals surface area contributed by atoms with Crippen LogP contribution in [0.3, 0.4) is 0 Å². The van der Waals surface area contributed by atoms with Gasteiger partial charge in [0.25, 0.3) is 0 Å². The molecule has 3 heterocycles. The van der Waals surface area contributed by atoms with Crippen molar-refractivity contribution in [2.75, 3.05) is 54.8 Å². The average molecular weight is 514 g/mol. The summed E-state index contributed by atoms with van der Waals surface area (Å²) in [6.07, 6.45) is -2.16. The lowest BCUT2D eigenvalue weighted by molar-refractivity contribution is -0.137. The molecule has 0 atom stereocenters. The Morgan fingerprint density at radius 1 is 1.06 bits per heavy atom. The number of aromatic nitrogens is 2. The molecule has 1 aromatic heterocycles. The van der Waals surface area contributed by atoms with Crippen molar-refractivity contribution in [1.29, 1.82) is 0 Å². The first-order valence-corrected chi connectivity index (χ1v) is 12.7. The zero-order valence-electron chi connectivity index (χ0n) is 18.9. The van der Waals surface area contributed by atoms with Crippen molar-refractivity contribution >= 4 is 40.8 Å². The number of thioether (sulfide) groups is 1. The van der Waals surface area contributed by atoms with Gasteiger partial charge in [0.05, 0.1) is 11.3 Å². The minimum atomic E-state index is -4.38. The number of carbonyl (C=O) groups is 1. The Labute approximate surface area is 206 Å². The maximum absolute atomic E-state index is 13.0. The maximum Gasteiger partial charge on any atom is 0.416 e. The molecule has 184 valence electrons. The molecule has 0 aliphatic carbocycles. The van der Waals surface area contributed by atoms with E-state index in [0.29, 0.717) is 48.1 Å². The molecule has 2 fully saturated rings. The summed E-state index contributed by atoms with van der Waals surface area (Å²) >= 11 is 7.47. The fourth-order valence-corrected chi connectivity index (χ4v) is 5.14. The molecule has 0 N–H and O–H groups in total. The molecule has 0 unspecified atom stereocenters. The van der Waals surface area contributed by atoms with Crippen LogP contribution in [-0.2, 0) is 11.0 Å². The predicted octanol–water partition coefficient (Wildman–Crippen LogP) is 4.83. The third-order valence-electron chi connectivity index (χ3n) is 6.26. The van der Waals surface area contributed by atoms with Gasteiger partial charge in [0, 0.05) is 51.0 Å². The van der Waals surface area contributed by atoms with Gasteiger partial charge in [0.1, 0.15) is 11.0 Å². The zero-order chi connectivity index (χ0) is 24.3. The summed E-state index contributed by atoms with van der Waals surface area (Å²) in [6.45, 7) is 5.94. The molecule has 2 aromatic rings. The minimum Gasteiger partial charge on any atom is -0.368 e. The second-order valence-corrected chi connectivity index (χ2v) is 10.0. The second-order valence-electron chi connectivity index (χ2n) is 8.71. The molecule has 1 amide bonds. The van der Waals surface area contributed by atoms with Crippen molar-refractivity contribution in [3.63, 3.8) is 0 Å². The highest BCUT2D eigenvalue weighted by Gasteiger charge is 2.31. The van der Waals surface area contributed by atoms with E-state index in [9.17, 15) is 18.0 Å². The summed E-state index contributed by atoms with van der Waals surface area (Å²) in [5, 5.41) is 0.824. The Bertz CT molecular complexity index is 1010. The van der Waals surface area contributed by atoms with Crippen LogP contribution < -0.4 is 9.80 Å². The third-order valence-corrected chi connectivity index (χ3v) is 7.29. The van der Waals surface area contributed by atoms with Crippen molar-refractivity contribution in [3.8, 4) is 0 Å². The van der Waals surface area contributed by atoms with Crippen molar-refractivity contribution in [2.24, 2.45) is 5.92 Å². The first kappa shape index (κ1) is 24.9.